The third-order valence-electron chi connectivity index (χ3n) is 4.79. The first-order valence-corrected chi connectivity index (χ1v) is 9.50. The van der Waals surface area contributed by atoms with Gasteiger partial charge in [0.1, 0.15) is 12.4 Å². The minimum absolute atomic E-state index is 0.316. The lowest BCUT2D eigenvalue weighted by molar-refractivity contribution is 0.163. The topological polar surface area (TPSA) is 64.3 Å². The van der Waals surface area contributed by atoms with Crippen LogP contribution in [0.15, 0.2) is 53.3 Å². The zero-order chi connectivity index (χ0) is 18.5. The molecule has 1 saturated heterocycles. The van der Waals surface area contributed by atoms with Crippen LogP contribution in [0.25, 0.3) is 11.4 Å². The highest BCUT2D eigenvalue weighted by Crippen LogP contribution is 2.28. The van der Waals surface area contributed by atoms with Crippen molar-refractivity contribution in [1.82, 2.24) is 20.0 Å². The van der Waals surface area contributed by atoms with E-state index in [0.29, 0.717) is 18.3 Å². The molecule has 1 aromatic carbocycles. The molecule has 6 nitrogen and oxygen atoms in total. The number of pyridine rings is 1. The Morgan fingerprint density at radius 3 is 2.70 bits per heavy atom. The third kappa shape index (κ3) is 4.64. The highest BCUT2D eigenvalue weighted by molar-refractivity contribution is 6.30. The molecule has 0 N–H and O–H groups in total. The van der Waals surface area contributed by atoms with Crippen LogP contribution in [0.5, 0.6) is 5.75 Å². The van der Waals surface area contributed by atoms with Crippen LogP contribution in [0.1, 0.15) is 24.7 Å². The molecule has 3 heterocycles. The van der Waals surface area contributed by atoms with Gasteiger partial charge in [-0.15, -0.1) is 0 Å². The summed E-state index contributed by atoms with van der Waals surface area (Å²) in [5, 5.41) is 4.82. The molecule has 140 valence electrons. The smallest absolute Gasteiger partial charge is 0.230 e. The molecule has 0 spiro atoms. The van der Waals surface area contributed by atoms with Gasteiger partial charge in [-0.2, -0.15) is 4.98 Å². The molecule has 0 atom stereocenters. The van der Waals surface area contributed by atoms with Crippen molar-refractivity contribution in [2.75, 3.05) is 26.2 Å². The van der Waals surface area contributed by atoms with Crippen molar-refractivity contribution in [2.24, 2.45) is 0 Å². The first-order chi connectivity index (χ1) is 13.3. The Bertz CT molecular complexity index is 846. The maximum absolute atomic E-state index is 5.88. The van der Waals surface area contributed by atoms with Gasteiger partial charge in [0.15, 0.2) is 0 Å². The quantitative estimate of drug-likeness (QED) is 0.639. The van der Waals surface area contributed by atoms with E-state index < -0.39 is 0 Å². The van der Waals surface area contributed by atoms with Crippen LogP contribution < -0.4 is 4.74 Å². The number of piperidine rings is 1. The molecule has 0 saturated carbocycles. The van der Waals surface area contributed by atoms with Crippen LogP contribution in [0.4, 0.5) is 0 Å². The number of likely N-dealkylation sites (tertiary alicyclic amines) is 1. The van der Waals surface area contributed by atoms with E-state index in [1.165, 1.54) is 0 Å². The monoisotopic (exact) mass is 384 g/mol. The van der Waals surface area contributed by atoms with E-state index in [2.05, 4.69) is 20.0 Å². The molecule has 1 fully saturated rings. The van der Waals surface area contributed by atoms with E-state index in [4.69, 9.17) is 20.9 Å². The highest BCUT2D eigenvalue weighted by atomic mass is 35.5. The fourth-order valence-electron chi connectivity index (χ4n) is 3.24. The molecule has 4 rings (SSSR count). The number of hydrogen-bond donors (Lipinski definition) is 0. The number of nitrogens with zero attached hydrogens (tertiary/aromatic N) is 4. The minimum atomic E-state index is 0.316. The average Bonchev–Trinajstić information content (AvgIpc) is 3.21. The van der Waals surface area contributed by atoms with Crippen molar-refractivity contribution in [3.05, 3.63) is 59.7 Å². The summed E-state index contributed by atoms with van der Waals surface area (Å²) < 4.78 is 11.3. The normalized spacial score (nSPS) is 15.7. The van der Waals surface area contributed by atoms with Gasteiger partial charge in [0.2, 0.25) is 11.7 Å². The third-order valence-corrected chi connectivity index (χ3v) is 5.04. The molecule has 0 amide bonds. The Balaban J connectivity index is 1.24. The molecule has 0 unspecified atom stereocenters. The second-order valence-electron chi connectivity index (χ2n) is 6.62. The molecule has 27 heavy (non-hydrogen) atoms. The van der Waals surface area contributed by atoms with Gasteiger partial charge in [0, 0.05) is 35.4 Å². The van der Waals surface area contributed by atoms with E-state index in [1.807, 2.05) is 36.4 Å². The Labute approximate surface area is 163 Å². The molecule has 7 heteroatoms. The molecule has 1 aliphatic heterocycles. The van der Waals surface area contributed by atoms with Gasteiger partial charge in [-0.1, -0.05) is 16.8 Å². The van der Waals surface area contributed by atoms with Gasteiger partial charge >= 0.3 is 0 Å². The zero-order valence-corrected chi connectivity index (χ0v) is 15.7. The number of hydrogen-bond acceptors (Lipinski definition) is 6. The summed E-state index contributed by atoms with van der Waals surface area (Å²) in [5.41, 5.74) is 0.879. The van der Waals surface area contributed by atoms with E-state index in [0.717, 1.165) is 54.7 Å². The lowest BCUT2D eigenvalue weighted by atomic mass is 9.97. The summed E-state index contributed by atoms with van der Waals surface area (Å²) in [7, 11) is 0. The first kappa shape index (κ1) is 17.9. The number of ether oxygens (including phenoxy) is 1. The van der Waals surface area contributed by atoms with Gasteiger partial charge < -0.3 is 9.26 Å². The Morgan fingerprint density at radius 1 is 1.15 bits per heavy atom. The van der Waals surface area contributed by atoms with Crippen molar-refractivity contribution in [3.8, 4) is 17.1 Å². The average molecular weight is 385 g/mol. The van der Waals surface area contributed by atoms with Crippen LogP contribution >= 0.6 is 11.6 Å². The van der Waals surface area contributed by atoms with E-state index in [1.54, 1.807) is 12.4 Å². The minimum Gasteiger partial charge on any atom is -0.492 e. The van der Waals surface area contributed by atoms with E-state index >= 15 is 0 Å². The van der Waals surface area contributed by atoms with Gasteiger partial charge in [0.05, 0.1) is 0 Å². The highest BCUT2D eigenvalue weighted by Gasteiger charge is 2.25. The molecule has 0 aliphatic carbocycles. The van der Waals surface area contributed by atoms with Gasteiger partial charge in [0.25, 0.3) is 0 Å². The molecular formula is C20H21ClN4O2. The predicted octanol–water partition coefficient (Wildman–Crippen LogP) is 4.04. The standard InChI is InChI=1S/C20H21ClN4O2/c21-17-3-5-18(6-4-17)26-13-12-25-10-7-15(8-11-25)20-23-19(24-27-20)16-2-1-9-22-14-16/h1-6,9,14-15H,7-8,10-13H2. The lowest BCUT2D eigenvalue weighted by Crippen LogP contribution is -2.35. The molecule has 2 aromatic heterocycles. The lowest BCUT2D eigenvalue weighted by Gasteiger charge is -2.30. The molecule has 0 radical (unpaired) electrons. The Kier molecular flexibility index (Phi) is 5.65. The Morgan fingerprint density at radius 2 is 1.96 bits per heavy atom. The Hall–Kier alpha value is -2.44. The summed E-state index contributed by atoms with van der Waals surface area (Å²) in [6, 6.07) is 11.3. The summed E-state index contributed by atoms with van der Waals surface area (Å²) in [6.07, 6.45) is 5.50. The van der Waals surface area contributed by atoms with Gasteiger partial charge in [-0.05, 0) is 62.3 Å². The fourth-order valence-corrected chi connectivity index (χ4v) is 3.37. The maximum Gasteiger partial charge on any atom is 0.230 e. The van der Waals surface area contributed by atoms with E-state index in [-0.39, 0.29) is 0 Å². The molecule has 1 aliphatic rings. The fraction of sp³-hybridized carbons (Fsp3) is 0.350. The van der Waals surface area contributed by atoms with Crippen LogP contribution in [0.2, 0.25) is 5.02 Å². The molecule has 3 aromatic rings. The van der Waals surface area contributed by atoms with E-state index in [9.17, 15) is 0 Å². The summed E-state index contributed by atoms with van der Waals surface area (Å²) in [6.45, 7) is 3.57. The van der Waals surface area contributed by atoms with Crippen molar-refractivity contribution < 1.29 is 9.26 Å². The van der Waals surface area contributed by atoms with Crippen molar-refractivity contribution in [2.45, 2.75) is 18.8 Å². The summed E-state index contributed by atoms with van der Waals surface area (Å²) in [4.78, 5) is 11.1. The largest absolute Gasteiger partial charge is 0.492 e. The zero-order valence-electron chi connectivity index (χ0n) is 14.9. The second kappa shape index (κ2) is 8.50. The summed E-state index contributed by atoms with van der Waals surface area (Å²) in [5.74, 6) is 2.50. The van der Waals surface area contributed by atoms with Crippen molar-refractivity contribution >= 4 is 11.6 Å². The second-order valence-corrected chi connectivity index (χ2v) is 7.05. The molecular weight excluding hydrogens is 364 g/mol. The van der Waals surface area contributed by atoms with Crippen LogP contribution in [0, 0.1) is 0 Å². The van der Waals surface area contributed by atoms with Crippen LogP contribution in [-0.4, -0.2) is 46.3 Å². The first-order valence-electron chi connectivity index (χ1n) is 9.12. The molecule has 0 bridgehead atoms. The number of aromatic nitrogens is 3. The van der Waals surface area contributed by atoms with Crippen LogP contribution in [-0.2, 0) is 0 Å². The number of halogens is 1. The van der Waals surface area contributed by atoms with Crippen LogP contribution in [0.3, 0.4) is 0 Å². The van der Waals surface area contributed by atoms with Gasteiger partial charge in [-0.25, -0.2) is 0 Å². The van der Waals surface area contributed by atoms with Crippen molar-refractivity contribution in [3.63, 3.8) is 0 Å². The maximum atomic E-state index is 5.88. The number of rotatable bonds is 6. The predicted molar refractivity (Wildman–Crippen MR) is 103 cm³/mol. The summed E-state index contributed by atoms with van der Waals surface area (Å²) >= 11 is 5.88. The number of benzene rings is 1. The van der Waals surface area contributed by atoms with Crippen molar-refractivity contribution in [1.29, 1.82) is 0 Å². The SMILES string of the molecule is Clc1ccc(OCCN2CCC(c3nc(-c4cccnc4)no3)CC2)cc1. The van der Waals surface area contributed by atoms with Gasteiger partial charge in [-0.3, -0.25) is 9.88 Å².